The van der Waals surface area contributed by atoms with Crippen molar-refractivity contribution in [1.82, 2.24) is 19.8 Å². The van der Waals surface area contributed by atoms with Crippen LogP contribution in [0.15, 0.2) is 15.5 Å². The maximum absolute atomic E-state index is 13.4. The third-order valence-corrected chi connectivity index (χ3v) is 9.10. The van der Waals surface area contributed by atoms with Crippen LogP contribution in [-0.2, 0) is 21.2 Å². The van der Waals surface area contributed by atoms with E-state index >= 15 is 0 Å². The summed E-state index contributed by atoms with van der Waals surface area (Å²) in [7, 11) is -3.69. The van der Waals surface area contributed by atoms with E-state index in [1.807, 2.05) is 6.92 Å². The second kappa shape index (κ2) is 8.76. The Bertz CT molecular complexity index is 1010. The van der Waals surface area contributed by atoms with Gasteiger partial charge in [-0.25, -0.2) is 8.42 Å². The molecule has 1 saturated heterocycles. The fourth-order valence-electron chi connectivity index (χ4n) is 4.23. The minimum Gasteiger partial charge on any atom is -0.353 e. The molecule has 0 radical (unpaired) electrons. The minimum atomic E-state index is -3.69. The fourth-order valence-corrected chi connectivity index (χ4v) is 7.24. The van der Waals surface area contributed by atoms with E-state index in [0.717, 1.165) is 32.1 Å². The standard InChI is InChI=1S/C20H28N4O4S2/c1-3-18-22-19(23-28-18)16-11-17(13(2)29-16)30(26,27)24-10-6-7-14(12-24)20(25)21-15-8-4-5-9-15/h11,14-15H,3-10,12H2,1-2H3,(H,21,25)/t14-/m0/s1. The van der Waals surface area contributed by atoms with Gasteiger partial charge >= 0.3 is 0 Å². The smallest absolute Gasteiger partial charge is 0.244 e. The van der Waals surface area contributed by atoms with E-state index in [0.29, 0.717) is 40.9 Å². The first-order chi connectivity index (χ1) is 14.4. The number of hydrogen-bond acceptors (Lipinski definition) is 7. The van der Waals surface area contributed by atoms with Crippen LogP contribution < -0.4 is 5.32 Å². The fraction of sp³-hybridized carbons (Fsp3) is 0.650. The highest BCUT2D eigenvalue weighted by molar-refractivity contribution is 7.89. The lowest BCUT2D eigenvalue weighted by Gasteiger charge is -2.31. The van der Waals surface area contributed by atoms with Crippen LogP contribution in [0, 0.1) is 12.8 Å². The number of rotatable bonds is 6. The summed E-state index contributed by atoms with van der Waals surface area (Å²) in [5, 5.41) is 7.07. The first-order valence-electron chi connectivity index (χ1n) is 10.6. The lowest BCUT2D eigenvalue weighted by Crippen LogP contribution is -2.47. The van der Waals surface area contributed by atoms with Gasteiger partial charge < -0.3 is 9.84 Å². The van der Waals surface area contributed by atoms with Crippen LogP contribution in [-0.4, -0.2) is 47.9 Å². The van der Waals surface area contributed by atoms with E-state index in [4.69, 9.17) is 4.52 Å². The van der Waals surface area contributed by atoms with Crippen molar-refractivity contribution >= 4 is 27.3 Å². The van der Waals surface area contributed by atoms with Gasteiger partial charge in [-0.1, -0.05) is 24.9 Å². The van der Waals surface area contributed by atoms with E-state index in [9.17, 15) is 13.2 Å². The second-order valence-electron chi connectivity index (χ2n) is 8.09. The van der Waals surface area contributed by atoms with Crippen molar-refractivity contribution in [2.24, 2.45) is 5.92 Å². The quantitative estimate of drug-likeness (QED) is 0.722. The molecule has 1 amide bonds. The summed E-state index contributed by atoms with van der Waals surface area (Å²) in [6.45, 7) is 4.37. The van der Waals surface area contributed by atoms with Crippen molar-refractivity contribution < 1.29 is 17.7 Å². The zero-order valence-corrected chi connectivity index (χ0v) is 19.0. The maximum Gasteiger partial charge on any atom is 0.244 e. The zero-order chi connectivity index (χ0) is 21.3. The Balaban J connectivity index is 1.50. The number of hydrogen-bond donors (Lipinski definition) is 1. The molecule has 0 aromatic carbocycles. The number of sulfonamides is 1. The Morgan fingerprint density at radius 1 is 1.30 bits per heavy atom. The molecular formula is C20H28N4O4S2. The molecule has 0 bridgehead atoms. The second-order valence-corrected chi connectivity index (χ2v) is 11.3. The van der Waals surface area contributed by atoms with Crippen LogP contribution >= 0.6 is 11.3 Å². The molecule has 4 rings (SSSR count). The van der Waals surface area contributed by atoms with Crippen LogP contribution in [0.1, 0.15) is 56.2 Å². The molecule has 1 saturated carbocycles. The number of thiophene rings is 1. The molecule has 1 aliphatic heterocycles. The molecule has 2 aromatic heterocycles. The third kappa shape index (κ3) is 4.31. The van der Waals surface area contributed by atoms with Gasteiger partial charge in [0.05, 0.1) is 15.7 Å². The first kappa shape index (κ1) is 21.5. The average Bonchev–Trinajstić information content (AvgIpc) is 3.48. The number of carbonyl (C=O) groups excluding carboxylic acids is 1. The zero-order valence-electron chi connectivity index (χ0n) is 17.4. The van der Waals surface area contributed by atoms with Gasteiger partial charge in [0, 0.05) is 30.4 Å². The van der Waals surface area contributed by atoms with E-state index in [1.165, 1.54) is 15.6 Å². The van der Waals surface area contributed by atoms with E-state index in [2.05, 4.69) is 15.5 Å². The summed E-state index contributed by atoms with van der Waals surface area (Å²) in [5.41, 5.74) is 0. The van der Waals surface area contributed by atoms with E-state index in [-0.39, 0.29) is 29.3 Å². The highest BCUT2D eigenvalue weighted by Crippen LogP contribution is 2.35. The Labute approximate surface area is 181 Å². The summed E-state index contributed by atoms with van der Waals surface area (Å²) in [6.07, 6.45) is 6.37. The molecule has 0 unspecified atom stereocenters. The summed E-state index contributed by atoms with van der Waals surface area (Å²) in [5.74, 6) is 0.627. The summed E-state index contributed by atoms with van der Waals surface area (Å²) >= 11 is 1.34. The van der Waals surface area contributed by atoms with Gasteiger partial charge in [0.1, 0.15) is 0 Å². The van der Waals surface area contributed by atoms with Gasteiger partial charge in [0.2, 0.25) is 27.6 Å². The summed E-state index contributed by atoms with van der Waals surface area (Å²) in [4.78, 5) is 18.6. The molecule has 164 valence electrons. The Morgan fingerprint density at radius 2 is 2.07 bits per heavy atom. The average molecular weight is 453 g/mol. The van der Waals surface area contributed by atoms with Crippen molar-refractivity contribution in [2.75, 3.05) is 13.1 Å². The number of aromatic nitrogens is 2. The normalized spacial score (nSPS) is 21.2. The molecule has 8 nitrogen and oxygen atoms in total. The summed E-state index contributed by atoms with van der Waals surface area (Å²) < 4.78 is 33.3. The van der Waals surface area contributed by atoms with Gasteiger partial charge in [-0.3, -0.25) is 4.79 Å². The Hall–Kier alpha value is -1.78. The monoisotopic (exact) mass is 452 g/mol. The highest BCUT2D eigenvalue weighted by atomic mass is 32.2. The molecule has 1 aliphatic carbocycles. The van der Waals surface area contributed by atoms with Crippen molar-refractivity contribution in [3.8, 4) is 10.7 Å². The van der Waals surface area contributed by atoms with Crippen LogP contribution in [0.5, 0.6) is 0 Å². The number of aryl methyl sites for hydroxylation is 2. The number of carbonyl (C=O) groups is 1. The molecule has 2 fully saturated rings. The predicted molar refractivity (Wildman–Crippen MR) is 114 cm³/mol. The molecule has 30 heavy (non-hydrogen) atoms. The lowest BCUT2D eigenvalue weighted by atomic mass is 9.98. The van der Waals surface area contributed by atoms with Gasteiger partial charge in [0.25, 0.3) is 0 Å². The van der Waals surface area contributed by atoms with Crippen LogP contribution in [0.3, 0.4) is 0 Å². The van der Waals surface area contributed by atoms with Gasteiger partial charge in [0.15, 0.2) is 0 Å². The number of amides is 1. The highest BCUT2D eigenvalue weighted by Gasteiger charge is 2.35. The van der Waals surface area contributed by atoms with Crippen LogP contribution in [0.2, 0.25) is 0 Å². The van der Waals surface area contributed by atoms with Gasteiger partial charge in [-0.15, -0.1) is 11.3 Å². The molecule has 0 spiro atoms. The third-order valence-electron chi connectivity index (χ3n) is 5.94. The Morgan fingerprint density at radius 3 is 2.77 bits per heavy atom. The van der Waals surface area contributed by atoms with Crippen LogP contribution in [0.4, 0.5) is 0 Å². The molecular weight excluding hydrogens is 424 g/mol. The number of nitrogens with zero attached hydrogens (tertiary/aromatic N) is 3. The maximum atomic E-state index is 13.4. The molecule has 2 aliphatic rings. The van der Waals surface area contributed by atoms with Crippen molar-refractivity contribution in [3.05, 3.63) is 16.8 Å². The molecule has 1 atom stereocenters. The minimum absolute atomic E-state index is 0.0107. The van der Waals surface area contributed by atoms with Crippen molar-refractivity contribution in [1.29, 1.82) is 0 Å². The van der Waals surface area contributed by atoms with Crippen molar-refractivity contribution in [3.63, 3.8) is 0 Å². The largest absolute Gasteiger partial charge is 0.353 e. The molecule has 2 aromatic rings. The number of nitrogens with one attached hydrogen (secondary N) is 1. The number of piperidine rings is 1. The molecule has 1 N–H and O–H groups in total. The Kier molecular flexibility index (Phi) is 6.26. The van der Waals surface area contributed by atoms with E-state index in [1.54, 1.807) is 13.0 Å². The predicted octanol–water partition coefficient (Wildman–Crippen LogP) is 3.13. The lowest BCUT2D eigenvalue weighted by molar-refractivity contribution is -0.126. The van der Waals surface area contributed by atoms with Crippen molar-refractivity contribution in [2.45, 2.75) is 69.7 Å². The van der Waals surface area contributed by atoms with Gasteiger partial charge in [-0.2, -0.15) is 9.29 Å². The topological polar surface area (TPSA) is 105 Å². The van der Waals surface area contributed by atoms with Gasteiger partial charge in [-0.05, 0) is 38.7 Å². The SMILES string of the molecule is CCc1nc(-c2cc(S(=O)(=O)N3CCC[C@H](C(=O)NC4CCCC4)C3)c(C)s2)no1. The molecule has 10 heteroatoms. The summed E-state index contributed by atoms with van der Waals surface area (Å²) in [6, 6.07) is 1.87. The molecule has 3 heterocycles. The van der Waals surface area contributed by atoms with Crippen LogP contribution in [0.25, 0.3) is 10.7 Å². The first-order valence-corrected chi connectivity index (χ1v) is 12.9. The van der Waals surface area contributed by atoms with E-state index < -0.39 is 10.0 Å².